The third kappa shape index (κ3) is 6.94. The molecule has 222 valence electrons. The molecule has 2 atom stereocenters. The number of benzene rings is 3. The molecular weight excluding hydrogens is 528 g/mol. The Kier molecular flexibility index (Phi) is 9.77. The molecule has 3 aromatic carbocycles. The van der Waals surface area contributed by atoms with Gasteiger partial charge >= 0.3 is 0 Å². The number of ether oxygens (including phenoxy) is 2. The summed E-state index contributed by atoms with van der Waals surface area (Å²) >= 11 is 0. The van der Waals surface area contributed by atoms with Crippen molar-refractivity contribution >= 4 is 11.8 Å². The molecule has 2 saturated heterocycles. The van der Waals surface area contributed by atoms with Crippen molar-refractivity contribution < 1.29 is 19.1 Å². The van der Waals surface area contributed by atoms with Crippen molar-refractivity contribution in [3.05, 3.63) is 95.1 Å². The molecule has 3 aromatic rings. The Morgan fingerprint density at radius 2 is 1.67 bits per heavy atom. The first-order valence-corrected chi connectivity index (χ1v) is 14.8. The average Bonchev–Trinajstić information content (AvgIpc) is 3.28. The molecule has 0 spiro atoms. The van der Waals surface area contributed by atoms with Gasteiger partial charge in [-0.1, -0.05) is 42.5 Å². The van der Waals surface area contributed by atoms with Crippen LogP contribution in [0.3, 0.4) is 0 Å². The van der Waals surface area contributed by atoms with Crippen LogP contribution in [0.1, 0.15) is 39.9 Å². The fourth-order valence-electron chi connectivity index (χ4n) is 6.06. The number of methoxy groups -OCH3 is 2. The topological polar surface area (TPSA) is 74.4 Å². The van der Waals surface area contributed by atoms with E-state index in [0.29, 0.717) is 50.5 Å². The van der Waals surface area contributed by atoms with Crippen molar-refractivity contribution in [1.29, 1.82) is 0 Å². The molecule has 2 heterocycles. The molecule has 1 N–H and O–H groups in total. The molecule has 5 rings (SSSR count). The predicted octanol–water partition coefficient (Wildman–Crippen LogP) is 4.12. The number of hydrogen-bond donors (Lipinski definition) is 1. The van der Waals surface area contributed by atoms with Crippen molar-refractivity contribution in [3.8, 4) is 11.5 Å². The molecule has 0 bridgehead atoms. The molecule has 8 nitrogen and oxygen atoms in total. The second-order valence-electron chi connectivity index (χ2n) is 11.2. The van der Waals surface area contributed by atoms with Gasteiger partial charge in [-0.15, -0.1) is 0 Å². The lowest BCUT2D eigenvalue weighted by Gasteiger charge is -2.30. The Bertz CT molecular complexity index is 1370. The Labute approximate surface area is 249 Å². The summed E-state index contributed by atoms with van der Waals surface area (Å²) in [5.74, 6) is 1.33. The van der Waals surface area contributed by atoms with E-state index in [1.54, 1.807) is 31.3 Å². The summed E-state index contributed by atoms with van der Waals surface area (Å²) in [7, 11) is 3.27. The molecule has 8 heteroatoms. The number of carbonyl (C=O) groups is 2. The highest BCUT2D eigenvalue weighted by Crippen LogP contribution is 2.30. The van der Waals surface area contributed by atoms with E-state index in [0.717, 1.165) is 30.8 Å². The van der Waals surface area contributed by atoms with E-state index in [1.165, 1.54) is 11.1 Å². The second kappa shape index (κ2) is 13.9. The van der Waals surface area contributed by atoms with Crippen LogP contribution in [0.5, 0.6) is 11.5 Å². The van der Waals surface area contributed by atoms with Crippen LogP contribution < -0.4 is 14.8 Å². The molecule has 2 aliphatic heterocycles. The molecule has 0 aromatic heterocycles. The fourth-order valence-corrected chi connectivity index (χ4v) is 6.06. The van der Waals surface area contributed by atoms with E-state index in [2.05, 4.69) is 53.5 Å². The molecule has 0 radical (unpaired) electrons. The van der Waals surface area contributed by atoms with Crippen LogP contribution in [0, 0.1) is 6.92 Å². The number of nitrogens with one attached hydrogen (secondary N) is 1. The number of nitrogens with zero attached hydrogens (tertiary/aromatic N) is 3. The molecule has 2 aliphatic rings. The van der Waals surface area contributed by atoms with Crippen LogP contribution in [0.15, 0.2) is 72.8 Å². The first kappa shape index (κ1) is 29.6. The molecule has 0 aliphatic carbocycles. The van der Waals surface area contributed by atoms with Gasteiger partial charge in [0, 0.05) is 50.9 Å². The number of hydrogen-bond acceptors (Lipinski definition) is 6. The summed E-state index contributed by atoms with van der Waals surface area (Å²) < 4.78 is 10.9. The highest BCUT2D eigenvalue weighted by molar-refractivity contribution is 5.98. The van der Waals surface area contributed by atoms with Crippen LogP contribution in [0.2, 0.25) is 0 Å². The standard InChI is InChI=1S/C34H42N4O4/c1-25-9-4-5-11-28(25)23-37(22-26-10-6-13-30(19-26)41-2)29-21-32(34(40)36-17-8-15-35-16-18-36)38(24-29)33(39)27-12-7-14-31(20-27)42-3/h4-7,9-14,19-20,29,32,35H,8,15-18,21-24H2,1-3H3. The SMILES string of the molecule is COc1cccc(CN(Cc2ccccc2C)C2CC(C(=O)N3CCCNCC3)N(C(=O)c3cccc(OC)c3)C2)c1. The van der Waals surface area contributed by atoms with E-state index in [9.17, 15) is 9.59 Å². The molecule has 2 amide bonds. The summed E-state index contributed by atoms with van der Waals surface area (Å²) in [6.45, 7) is 6.99. The highest BCUT2D eigenvalue weighted by atomic mass is 16.5. The Morgan fingerprint density at radius 3 is 2.45 bits per heavy atom. The maximum absolute atomic E-state index is 14.1. The van der Waals surface area contributed by atoms with E-state index < -0.39 is 6.04 Å². The minimum atomic E-state index is -0.531. The van der Waals surface area contributed by atoms with Gasteiger partial charge < -0.3 is 24.6 Å². The Hall–Kier alpha value is -3.88. The zero-order valence-electron chi connectivity index (χ0n) is 24.9. The first-order chi connectivity index (χ1) is 20.5. The van der Waals surface area contributed by atoms with Crippen molar-refractivity contribution in [2.24, 2.45) is 0 Å². The minimum Gasteiger partial charge on any atom is -0.497 e. The van der Waals surface area contributed by atoms with E-state index in [1.807, 2.05) is 29.2 Å². The van der Waals surface area contributed by atoms with Crippen LogP contribution in [0.25, 0.3) is 0 Å². The summed E-state index contributed by atoms with van der Waals surface area (Å²) in [5.41, 5.74) is 4.12. The summed E-state index contributed by atoms with van der Waals surface area (Å²) in [6.07, 6.45) is 1.48. The molecule has 2 unspecified atom stereocenters. The van der Waals surface area contributed by atoms with Crippen molar-refractivity contribution in [2.75, 3.05) is 46.9 Å². The maximum Gasteiger partial charge on any atom is 0.254 e. The Morgan fingerprint density at radius 1 is 0.905 bits per heavy atom. The van der Waals surface area contributed by atoms with Gasteiger partial charge in [0.2, 0.25) is 5.91 Å². The van der Waals surface area contributed by atoms with Gasteiger partial charge in [-0.3, -0.25) is 14.5 Å². The maximum atomic E-state index is 14.1. The first-order valence-electron chi connectivity index (χ1n) is 14.8. The van der Waals surface area contributed by atoms with Crippen molar-refractivity contribution in [3.63, 3.8) is 0 Å². The largest absolute Gasteiger partial charge is 0.497 e. The Balaban J connectivity index is 1.48. The minimum absolute atomic E-state index is 0.00980. The summed E-state index contributed by atoms with van der Waals surface area (Å²) in [5, 5.41) is 3.38. The van der Waals surface area contributed by atoms with Gasteiger partial charge in [-0.25, -0.2) is 0 Å². The number of likely N-dealkylation sites (tertiary alicyclic amines) is 1. The monoisotopic (exact) mass is 570 g/mol. The number of amides is 2. The molecule has 2 fully saturated rings. The lowest BCUT2D eigenvalue weighted by atomic mass is 10.0. The number of rotatable bonds is 9. The second-order valence-corrected chi connectivity index (χ2v) is 11.2. The van der Waals surface area contributed by atoms with Crippen LogP contribution in [-0.2, 0) is 17.9 Å². The van der Waals surface area contributed by atoms with Crippen LogP contribution in [-0.4, -0.2) is 85.5 Å². The quantitative estimate of drug-likeness (QED) is 0.417. The van der Waals surface area contributed by atoms with Gasteiger partial charge in [0.1, 0.15) is 17.5 Å². The van der Waals surface area contributed by atoms with Gasteiger partial charge in [0.15, 0.2) is 0 Å². The van der Waals surface area contributed by atoms with E-state index in [-0.39, 0.29) is 17.9 Å². The fraction of sp³-hybridized carbons (Fsp3) is 0.412. The number of carbonyl (C=O) groups excluding carboxylic acids is 2. The zero-order valence-corrected chi connectivity index (χ0v) is 24.9. The third-order valence-electron chi connectivity index (χ3n) is 8.46. The van der Waals surface area contributed by atoms with Crippen LogP contribution in [0.4, 0.5) is 0 Å². The van der Waals surface area contributed by atoms with E-state index in [4.69, 9.17) is 9.47 Å². The lowest BCUT2D eigenvalue weighted by Crippen LogP contribution is -2.48. The average molecular weight is 571 g/mol. The highest BCUT2D eigenvalue weighted by Gasteiger charge is 2.43. The predicted molar refractivity (Wildman–Crippen MR) is 164 cm³/mol. The summed E-state index contributed by atoms with van der Waals surface area (Å²) in [6, 6.07) is 23.2. The third-order valence-corrected chi connectivity index (χ3v) is 8.46. The number of aryl methyl sites for hydroxylation is 1. The van der Waals surface area contributed by atoms with Crippen LogP contribution >= 0.6 is 0 Å². The smallest absolute Gasteiger partial charge is 0.254 e. The van der Waals surface area contributed by atoms with Gasteiger partial charge in [0.25, 0.3) is 5.91 Å². The molecule has 0 saturated carbocycles. The van der Waals surface area contributed by atoms with Gasteiger partial charge in [-0.05, 0) is 73.3 Å². The van der Waals surface area contributed by atoms with Crippen molar-refractivity contribution in [1.82, 2.24) is 20.0 Å². The molecular formula is C34H42N4O4. The summed E-state index contributed by atoms with van der Waals surface area (Å²) in [4.78, 5) is 34.3. The molecule has 42 heavy (non-hydrogen) atoms. The van der Waals surface area contributed by atoms with Gasteiger partial charge in [0.05, 0.1) is 14.2 Å². The lowest BCUT2D eigenvalue weighted by molar-refractivity contribution is -0.135. The van der Waals surface area contributed by atoms with E-state index >= 15 is 0 Å². The zero-order chi connectivity index (χ0) is 29.5. The van der Waals surface area contributed by atoms with Gasteiger partial charge in [-0.2, -0.15) is 0 Å². The van der Waals surface area contributed by atoms with Crippen molar-refractivity contribution in [2.45, 2.75) is 44.9 Å². The normalized spacial score (nSPS) is 19.0.